The summed E-state index contributed by atoms with van der Waals surface area (Å²) in [5, 5.41) is 10.7. The van der Waals surface area contributed by atoms with Crippen molar-refractivity contribution in [1.29, 1.82) is 0 Å². The maximum Gasteiger partial charge on any atom is 0.341 e. The van der Waals surface area contributed by atoms with Gasteiger partial charge >= 0.3 is 5.97 Å². The van der Waals surface area contributed by atoms with Crippen LogP contribution >= 0.6 is 11.6 Å². The number of carboxylic acid groups (broad SMARTS) is 1. The molecule has 0 spiro atoms. The summed E-state index contributed by atoms with van der Waals surface area (Å²) in [4.78, 5) is 26.9. The van der Waals surface area contributed by atoms with E-state index < -0.39 is 18.6 Å². The molecular formula is C30H29ClN2O5. The van der Waals surface area contributed by atoms with Gasteiger partial charge in [-0.1, -0.05) is 35.9 Å². The number of benzene rings is 3. The molecule has 0 saturated carbocycles. The molecule has 2 heterocycles. The molecule has 1 aliphatic rings. The fraction of sp³-hybridized carbons (Fsp3) is 0.267. The highest BCUT2D eigenvalue weighted by Crippen LogP contribution is 2.41. The smallest absolute Gasteiger partial charge is 0.341 e. The standard InChI is InChI=1S/C30H29ClN2O5/c1-32-17-20(24-16-22(37-2)9-10-26(24)32)7-12-28(34)33-14-13-19-5-3-4-6-23(19)30(33)25-15-21(31)8-11-27(25)38-18-29(35)36/h3-6,8-11,15-17,30H,7,12-14,18H2,1-2H3,(H,35,36). The maximum absolute atomic E-state index is 13.8. The summed E-state index contributed by atoms with van der Waals surface area (Å²) in [6, 6.07) is 18.6. The van der Waals surface area contributed by atoms with Crippen LogP contribution in [0.2, 0.25) is 5.02 Å². The van der Waals surface area contributed by atoms with Crippen LogP contribution in [-0.2, 0) is 29.5 Å². The van der Waals surface area contributed by atoms with Crippen molar-refractivity contribution in [2.45, 2.75) is 25.3 Å². The number of carboxylic acids is 1. The molecule has 196 valence electrons. The van der Waals surface area contributed by atoms with Crippen molar-refractivity contribution in [3.05, 3.63) is 94.1 Å². The molecule has 1 aromatic heterocycles. The summed E-state index contributed by atoms with van der Waals surface area (Å²) >= 11 is 6.39. The van der Waals surface area contributed by atoms with Gasteiger partial charge in [-0.05, 0) is 65.9 Å². The first-order valence-electron chi connectivity index (χ1n) is 12.5. The van der Waals surface area contributed by atoms with Crippen molar-refractivity contribution >= 4 is 34.4 Å². The normalized spacial score (nSPS) is 14.8. The van der Waals surface area contributed by atoms with Crippen molar-refractivity contribution in [3.63, 3.8) is 0 Å². The molecule has 0 radical (unpaired) electrons. The van der Waals surface area contributed by atoms with Gasteiger partial charge in [0.2, 0.25) is 5.91 Å². The fourth-order valence-corrected chi connectivity index (χ4v) is 5.52. The Balaban J connectivity index is 1.48. The van der Waals surface area contributed by atoms with Crippen LogP contribution in [-0.4, -0.2) is 46.7 Å². The van der Waals surface area contributed by atoms with Crippen LogP contribution in [0.15, 0.2) is 66.9 Å². The summed E-state index contributed by atoms with van der Waals surface area (Å²) in [6.45, 7) is 0.0518. The predicted octanol–water partition coefficient (Wildman–Crippen LogP) is 5.41. The molecule has 1 N–H and O–H groups in total. The average Bonchev–Trinajstić information content (AvgIpc) is 3.24. The SMILES string of the molecule is COc1ccc2c(c1)c(CCC(=O)N1CCc3ccccc3C1c1cc(Cl)ccc1OCC(=O)O)cn2C. The van der Waals surface area contributed by atoms with E-state index in [9.17, 15) is 14.7 Å². The lowest BCUT2D eigenvalue weighted by atomic mass is 9.87. The maximum atomic E-state index is 13.8. The van der Waals surface area contributed by atoms with Crippen molar-refractivity contribution in [3.8, 4) is 11.5 Å². The number of fused-ring (bicyclic) bond motifs is 2. The number of methoxy groups -OCH3 is 1. The summed E-state index contributed by atoms with van der Waals surface area (Å²) in [6.07, 6.45) is 3.69. The van der Waals surface area contributed by atoms with E-state index in [-0.39, 0.29) is 5.91 Å². The number of hydrogen-bond donors (Lipinski definition) is 1. The van der Waals surface area contributed by atoms with Crippen LogP contribution in [0.3, 0.4) is 0 Å². The first kappa shape index (κ1) is 25.7. The van der Waals surface area contributed by atoms with Gasteiger partial charge < -0.3 is 24.0 Å². The van der Waals surface area contributed by atoms with Crippen LogP contribution < -0.4 is 9.47 Å². The number of hydrogen-bond acceptors (Lipinski definition) is 4. The Hall–Kier alpha value is -3.97. The van der Waals surface area contributed by atoms with E-state index in [0.717, 1.165) is 39.8 Å². The lowest BCUT2D eigenvalue weighted by molar-refractivity contribution is -0.139. The van der Waals surface area contributed by atoms with E-state index in [1.807, 2.05) is 48.3 Å². The number of aromatic nitrogens is 1. The molecule has 0 fully saturated rings. The minimum atomic E-state index is -1.07. The molecule has 0 aliphatic carbocycles. The second-order valence-electron chi connectivity index (χ2n) is 9.45. The quantitative estimate of drug-likeness (QED) is 0.328. The number of carbonyl (C=O) groups is 2. The molecular weight excluding hydrogens is 504 g/mol. The molecule has 7 nitrogen and oxygen atoms in total. The zero-order chi connectivity index (χ0) is 26.8. The van der Waals surface area contributed by atoms with Crippen molar-refractivity contribution in [2.75, 3.05) is 20.3 Å². The van der Waals surface area contributed by atoms with Crippen molar-refractivity contribution in [2.24, 2.45) is 7.05 Å². The largest absolute Gasteiger partial charge is 0.497 e. The van der Waals surface area contributed by atoms with E-state index >= 15 is 0 Å². The Morgan fingerprint density at radius 1 is 1.08 bits per heavy atom. The van der Waals surface area contributed by atoms with Crippen molar-refractivity contribution < 1.29 is 24.2 Å². The second-order valence-corrected chi connectivity index (χ2v) is 9.89. The number of nitrogens with zero attached hydrogens (tertiary/aromatic N) is 2. The van der Waals surface area contributed by atoms with Gasteiger partial charge in [-0.15, -0.1) is 0 Å². The molecule has 1 aliphatic heterocycles. The van der Waals surface area contributed by atoms with Crippen LogP contribution in [0.4, 0.5) is 0 Å². The van der Waals surface area contributed by atoms with E-state index in [4.69, 9.17) is 21.1 Å². The highest BCUT2D eigenvalue weighted by Gasteiger charge is 2.34. The molecule has 1 unspecified atom stereocenters. The fourth-order valence-electron chi connectivity index (χ4n) is 5.34. The van der Waals surface area contributed by atoms with Gasteiger partial charge in [0.1, 0.15) is 11.5 Å². The number of aliphatic carboxylic acids is 1. The highest BCUT2D eigenvalue weighted by atomic mass is 35.5. The van der Waals surface area contributed by atoms with Gasteiger partial charge in [0.05, 0.1) is 13.2 Å². The van der Waals surface area contributed by atoms with Crippen molar-refractivity contribution in [1.82, 2.24) is 9.47 Å². The Labute approximate surface area is 226 Å². The van der Waals surface area contributed by atoms with E-state index in [1.165, 1.54) is 0 Å². The zero-order valence-electron chi connectivity index (χ0n) is 21.3. The third-order valence-corrected chi connectivity index (χ3v) is 7.34. The summed E-state index contributed by atoms with van der Waals surface area (Å²) < 4.78 is 13.1. The molecule has 4 aromatic rings. The number of amides is 1. The number of carbonyl (C=O) groups excluding carboxylic acids is 1. The van der Waals surface area contributed by atoms with Gasteiger partial charge in [0.25, 0.3) is 0 Å². The summed E-state index contributed by atoms with van der Waals surface area (Å²) in [5.74, 6) is 0.111. The third kappa shape index (κ3) is 5.07. The van der Waals surface area contributed by atoms with E-state index in [2.05, 4.69) is 16.8 Å². The molecule has 1 atom stereocenters. The third-order valence-electron chi connectivity index (χ3n) is 7.11. The minimum Gasteiger partial charge on any atom is -0.497 e. The Morgan fingerprint density at radius 2 is 1.89 bits per heavy atom. The Kier molecular flexibility index (Phi) is 7.29. The van der Waals surface area contributed by atoms with Gasteiger partial charge in [-0.25, -0.2) is 4.79 Å². The topological polar surface area (TPSA) is 81.0 Å². The molecule has 38 heavy (non-hydrogen) atoms. The molecule has 0 saturated heterocycles. The minimum absolute atomic E-state index is 0.00793. The van der Waals surface area contributed by atoms with Crippen LogP contribution in [0.25, 0.3) is 10.9 Å². The predicted molar refractivity (Wildman–Crippen MR) is 146 cm³/mol. The Morgan fingerprint density at radius 3 is 2.68 bits per heavy atom. The van der Waals surface area contributed by atoms with E-state index in [1.54, 1.807) is 25.3 Å². The lowest BCUT2D eigenvalue weighted by Gasteiger charge is -2.38. The zero-order valence-corrected chi connectivity index (χ0v) is 22.1. The van der Waals surface area contributed by atoms with Crippen LogP contribution in [0.1, 0.15) is 34.7 Å². The number of ether oxygens (including phenoxy) is 2. The number of aryl methyl sites for hydroxylation is 2. The summed E-state index contributed by atoms with van der Waals surface area (Å²) in [5.41, 5.74) is 4.97. The van der Waals surface area contributed by atoms with Gasteiger partial charge in [-0.2, -0.15) is 0 Å². The molecule has 5 rings (SSSR count). The molecule has 1 amide bonds. The highest BCUT2D eigenvalue weighted by molar-refractivity contribution is 6.30. The van der Waals surface area contributed by atoms with Gasteiger partial charge in [-0.3, -0.25) is 4.79 Å². The number of halogens is 1. The van der Waals surface area contributed by atoms with Crippen LogP contribution in [0.5, 0.6) is 11.5 Å². The molecule has 8 heteroatoms. The molecule has 0 bridgehead atoms. The summed E-state index contributed by atoms with van der Waals surface area (Å²) in [7, 11) is 3.64. The average molecular weight is 533 g/mol. The number of rotatable bonds is 8. The van der Waals surface area contributed by atoms with E-state index in [0.29, 0.717) is 35.7 Å². The monoisotopic (exact) mass is 532 g/mol. The lowest BCUT2D eigenvalue weighted by Crippen LogP contribution is -2.41. The molecule has 3 aromatic carbocycles. The first-order chi connectivity index (χ1) is 18.4. The van der Waals surface area contributed by atoms with Crippen LogP contribution in [0, 0.1) is 0 Å². The van der Waals surface area contributed by atoms with Gasteiger partial charge in [0.15, 0.2) is 6.61 Å². The first-order valence-corrected chi connectivity index (χ1v) is 12.9. The Bertz CT molecular complexity index is 1510. The van der Waals surface area contributed by atoms with Gasteiger partial charge in [0, 0.05) is 47.7 Å². The second kappa shape index (κ2) is 10.8.